The molecule has 0 aliphatic rings. The lowest BCUT2D eigenvalue weighted by Crippen LogP contribution is -2.12. The molecule has 0 saturated heterocycles. The first-order valence-corrected chi connectivity index (χ1v) is 4.32. The Morgan fingerprint density at radius 2 is 2.00 bits per heavy atom. The van der Waals surface area contributed by atoms with E-state index < -0.39 is 12.0 Å². The highest BCUT2D eigenvalue weighted by molar-refractivity contribution is 5.91. The Bertz CT molecular complexity index is 344. The molecule has 14 heavy (non-hydrogen) atoms. The molecule has 0 fully saturated rings. The molecular formula is C11H13NO2. The van der Waals surface area contributed by atoms with Crippen LogP contribution < -0.4 is 5.73 Å². The Balaban J connectivity index is 2.82. The molecule has 1 rings (SSSR count). The minimum Gasteiger partial charge on any atom is -0.384 e. The number of benzene rings is 1. The molecule has 0 aromatic heterocycles. The summed E-state index contributed by atoms with van der Waals surface area (Å²) in [6, 6.07) is 9.09. The van der Waals surface area contributed by atoms with Crippen molar-refractivity contribution in [3.05, 3.63) is 47.5 Å². The minimum absolute atomic E-state index is 0.362. The van der Waals surface area contributed by atoms with Crippen molar-refractivity contribution >= 4 is 5.91 Å². The summed E-state index contributed by atoms with van der Waals surface area (Å²) < 4.78 is 0. The van der Waals surface area contributed by atoms with Crippen molar-refractivity contribution in [3.63, 3.8) is 0 Å². The maximum absolute atomic E-state index is 10.7. The van der Waals surface area contributed by atoms with Gasteiger partial charge >= 0.3 is 0 Å². The van der Waals surface area contributed by atoms with Crippen molar-refractivity contribution in [3.8, 4) is 0 Å². The van der Waals surface area contributed by atoms with Crippen molar-refractivity contribution < 1.29 is 9.90 Å². The van der Waals surface area contributed by atoms with Crippen molar-refractivity contribution in [2.45, 2.75) is 13.0 Å². The summed E-state index contributed by atoms with van der Waals surface area (Å²) in [5.41, 5.74) is 6.15. The molecule has 0 aliphatic carbocycles. The summed E-state index contributed by atoms with van der Waals surface area (Å²) in [7, 11) is 0. The van der Waals surface area contributed by atoms with Gasteiger partial charge in [-0.1, -0.05) is 30.3 Å². The van der Waals surface area contributed by atoms with Crippen LogP contribution in [0.1, 0.15) is 18.6 Å². The van der Waals surface area contributed by atoms with Crippen molar-refractivity contribution in [2.24, 2.45) is 5.73 Å². The summed E-state index contributed by atoms with van der Waals surface area (Å²) in [5, 5.41) is 9.66. The highest BCUT2D eigenvalue weighted by Gasteiger charge is 2.05. The molecule has 1 aromatic carbocycles. The third-order valence-corrected chi connectivity index (χ3v) is 1.94. The number of nitrogens with two attached hydrogens (primary N) is 1. The normalized spacial score (nSPS) is 13.7. The zero-order valence-electron chi connectivity index (χ0n) is 7.97. The van der Waals surface area contributed by atoms with Gasteiger partial charge in [-0.3, -0.25) is 4.79 Å². The van der Waals surface area contributed by atoms with Crippen LogP contribution in [0.15, 0.2) is 42.0 Å². The molecule has 1 aromatic rings. The van der Waals surface area contributed by atoms with Gasteiger partial charge in [-0.2, -0.15) is 0 Å². The van der Waals surface area contributed by atoms with E-state index in [0.717, 1.165) is 5.56 Å². The van der Waals surface area contributed by atoms with Gasteiger partial charge in [0.1, 0.15) is 0 Å². The number of rotatable bonds is 3. The van der Waals surface area contributed by atoms with Crippen molar-refractivity contribution in [1.29, 1.82) is 0 Å². The van der Waals surface area contributed by atoms with Gasteiger partial charge in [-0.05, 0) is 18.6 Å². The molecule has 0 bridgehead atoms. The number of aliphatic hydroxyl groups is 1. The number of hydrogen-bond acceptors (Lipinski definition) is 2. The standard InChI is InChI=1S/C11H13NO2/c1-8(11(12)14)7-10(13)9-5-3-2-4-6-9/h2-7,10,13H,1H3,(H2,12,14). The van der Waals surface area contributed by atoms with Gasteiger partial charge in [0, 0.05) is 5.57 Å². The number of aliphatic hydroxyl groups excluding tert-OH is 1. The van der Waals surface area contributed by atoms with E-state index in [0.29, 0.717) is 5.57 Å². The lowest BCUT2D eigenvalue weighted by atomic mass is 10.1. The molecule has 0 spiro atoms. The van der Waals surface area contributed by atoms with Gasteiger partial charge in [-0.25, -0.2) is 0 Å². The highest BCUT2D eigenvalue weighted by Crippen LogP contribution is 2.14. The first kappa shape index (κ1) is 10.5. The van der Waals surface area contributed by atoms with E-state index in [1.54, 1.807) is 19.1 Å². The number of hydrogen-bond donors (Lipinski definition) is 2. The summed E-state index contributed by atoms with van der Waals surface area (Å²) in [5.74, 6) is -0.514. The Labute approximate surface area is 82.9 Å². The van der Waals surface area contributed by atoms with Crippen LogP contribution in [0.4, 0.5) is 0 Å². The Hall–Kier alpha value is -1.61. The van der Waals surface area contributed by atoms with Crippen molar-refractivity contribution in [2.75, 3.05) is 0 Å². The molecule has 1 unspecified atom stereocenters. The van der Waals surface area contributed by atoms with Crippen molar-refractivity contribution in [1.82, 2.24) is 0 Å². The monoisotopic (exact) mass is 191 g/mol. The van der Waals surface area contributed by atoms with Gasteiger partial charge in [-0.15, -0.1) is 0 Å². The molecule has 0 aliphatic heterocycles. The number of carbonyl (C=O) groups is 1. The van der Waals surface area contributed by atoms with Crippen LogP contribution >= 0.6 is 0 Å². The van der Waals surface area contributed by atoms with Gasteiger partial charge in [0.2, 0.25) is 5.91 Å². The predicted molar refractivity (Wildman–Crippen MR) is 54.4 cm³/mol. The first-order chi connectivity index (χ1) is 6.61. The molecule has 0 heterocycles. The van der Waals surface area contributed by atoms with Crippen LogP contribution in [0.2, 0.25) is 0 Å². The number of carbonyl (C=O) groups excluding carboxylic acids is 1. The lowest BCUT2D eigenvalue weighted by Gasteiger charge is -2.06. The second-order valence-corrected chi connectivity index (χ2v) is 3.07. The maximum Gasteiger partial charge on any atom is 0.244 e. The fraction of sp³-hybridized carbons (Fsp3) is 0.182. The van der Waals surface area contributed by atoms with Crippen LogP contribution in [0.3, 0.4) is 0 Å². The average Bonchev–Trinajstić information content (AvgIpc) is 2.19. The third kappa shape index (κ3) is 2.71. The van der Waals surface area contributed by atoms with E-state index in [-0.39, 0.29) is 0 Å². The van der Waals surface area contributed by atoms with Gasteiger partial charge in [0.05, 0.1) is 6.10 Å². The molecule has 3 N–H and O–H groups in total. The van der Waals surface area contributed by atoms with Gasteiger partial charge in [0.15, 0.2) is 0 Å². The average molecular weight is 191 g/mol. The zero-order valence-corrected chi connectivity index (χ0v) is 7.97. The predicted octanol–water partition coefficient (Wildman–Crippen LogP) is 1.15. The fourth-order valence-electron chi connectivity index (χ4n) is 1.07. The smallest absolute Gasteiger partial charge is 0.244 e. The Morgan fingerprint density at radius 3 is 2.50 bits per heavy atom. The van der Waals surface area contributed by atoms with E-state index in [4.69, 9.17) is 5.73 Å². The molecule has 3 nitrogen and oxygen atoms in total. The van der Waals surface area contributed by atoms with Gasteiger partial charge in [0.25, 0.3) is 0 Å². The van der Waals surface area contributed by atoms with Gasteiger partial charge < -0.3 is 10.8 Å². The van der Waals surface area contributed by atoms with E-state index in [1.165, 1.54) is 6.08 Å². The molecule has 3 heteroatoms. The van der Waals surface area contributed by atoms with Crippen LogP contribution in [-0.4, -0.2) is 11.0 Å². The second-order valence-electron chi connectivity index (χ2n) is 3.07. The molecule has 1 amide bonds. The highest BCUT2D eigenvalue weighted by atomic mass is 16.3. The summed E-state index contributed by atoms with van der Waals surface area (Å²) in [6.45, 7) is 1.58. The molecular weight excluding hydrogens is 178 g/mol. The summed E-state index contributed by atoms with van der Waals surface area (Å²) in [6.07, 6.45) is 0.668. The van der Waals surface area contributed by atoms with E-state index in [2.05, 4.69) is 0 Å². The molecule has 0 saturated carbocycles. The van der Waals surface area contributed by atoms with E-state index in [9.17, 15) is 9.90 Å². The molecule has 1 atom stereocenters. The zero-order chi connectivity index (χ0) is 10.6. The number of primary amides is 1. The maximum atomic E-state index is 10.7. The summed E-state index contributed by atoms with van der Waals surface area (Å²) >= 11 is 0. The van der Waals surface area contributed by atoms with E-state index in [1.807, 2.05) is 18.2 Å². The lowest BCUT2D eigenvalue weighted by molar-refractivity contribution is -0.114. The minimum atomic E-state index is -0.774. The quantitative estimate of drug-likeness (QED) is 0.704. The van der Waals surface area contributed by atoms with E-state index >= 15 is 0 Å². The molecule has 0 radical (unpaired) electrons. The Kier molecular flexibility index (Phi) is 3.42. The SMILES string of the molecule is CC(=CC(O)c1ccccc1)C(N)=O. The third-order valence-electron chi connectivity index (χ3n) is 1.94. The van der Waals surface area contributed by atoms with Crippen LogP contribution in [0.5, 0.6) is 0 Å². The first-order valence-electron chi connectivity index (χ1n) is 4.32. The molecule has 74 valence electrons. The summed E-state index contributed by atoms with van der Waals surface area (Å²) in [4.78, 5) is 10.7. The number of amides is 1. The second kappa shape index (κ2) is 4.58. The largest absolute Gasteiger partial charge is 0.384 e. The van der Waals surface area contributed by atoms with Crippen LogP contribution in [0, 0.1) is 0 Å². The topological polar surface area (TPSA) is 63.3 Å². The Morgan fingerprint density at radius 1 is 1.43 bits per heavy atom. The van der Waals surface area contributed by atoms with Crippen LogP contribution in [-0.2, 0) is 4.79 Å². The van der Waals surface area contributed by atoms with Crippen LogP contribution in [0.25, 0.3) is 0 Å². The fourth-order valence-corrected chi connectivity index (χ4v) is 1.07.